The average Bonchev–Trinajstić information content (AvgIpc) is 3.15. The van der Waals surface area contributed by atoms with Gasteiger partial charge in [-0.25, -0.2) is 0 Å². The van der Waals surface area contributed by atoms with Gasteiger partial charge < -0.3 is 15.0 Å². The van der Waals surface area contributed by atoms with Crippen LogP contribution < -0.4 is 5.32 Å². The molecule has 2 unspecified atom stereocenters. The third kappa shape index (κ3) is 4.11. The van der Waals surface area contributed by atoms with E-state index in [1.54, 1.807) is 19.2 Å². The molecule has 5 nitrogen and oxygen atoms in total. The Balaban J connectivity index is 1.84. The van der Waals surface area contributed by atoms with E-state index in [4.69, 9.17) is 4.74 Å². The van der Waals surface area contributed by atoms with Gasteiger partial charge in [0.2, 0.25) is 5.91 Å². The topological polar surface area (TPSA) is 58.6 Å². The second kappa shape index (κ2) is 8.63. The zero-order chi connectivity index (χ0) is 18.4. The summed E-state index contributed by atoms with van der Waals surface area (Å²) < 4.78 is 5.26. The van der Waals surface area contributed by atoms with Crippen LogP contribution in [0.1, 0.15) is 34.8 Å². The van der Waals surface area contributed by atoms with Gasteiger partial charge in [-0.2, -0.15) is 0 Å². The lowest BCUT2D eigenvalue weighted by Crippen LogP contribution is -2.46. The molecule has 5 heteroatoms. The Morgan fingerprint density at radius 3 is 2.42 bits per heavy atom. The number of carbonyl (C=O) groups is 2. The Kier molecular flexibility index (Phi) is 6.02. The zero-order valence-electron chi connectivity index (χ0n) is 14.9. The van der Waals surface area contributed by atoms with Gasteiger partial charge in [-0.05, 0) is 30.5 Å². The van der Waals surface area contributed by atoms with Crippen molar-refractivity contribution in [2.75, 3.05) is 20.3 Å². The fraction of sp³-hybridized carbons (Fsp3) is 0.333. The molecule has 2 aromatic rings. The van der Waals surface area contributed by atoms with Gasteiger partial charge in [-0.15, -0.1) is 0 Å². The van der Waals surface area contributed by atoms with Crippen LogP contribution in [0.4, 0.5) is 0 Å². The second-order valence-electron chi connectivity index (χ2n) is 6.47. The van der Waals surface area contributed by atoms with Gasteiger partial charge in [0.05, 0.1) is 12.6 Å². The maximum absolute atomic E-state index is 13.3. The SMILES string of the molecule is COCC1CCCN1C(=O)C(NC(=O)c1ccccc1)c1ccccc1. The van der Waals surface area contributed by atoms with Crippen LogP contribution in [0.25, 0.3) is 0 Å². The van der Waals surface area contributed by atoms with Crippen LogP contribution in [0.15, 0.2) is 60.7 Å². The molecule has 1 saturated heterocycles. The third-order valence-electron chi connectivity index (χ3n) is 4.71. The molecule has 2 amide bonds. The van der Waals surface area contributed by atoms with Crippen molar-refractivity contribution in [3.63, 3.8) is 0 Å². The van der Waals surface area contributed by atoms with Crippen LogP contribution in [0.5, 0.6) is 0 Å². The van der Waals surface area contributed by atoms with Gasteiger partial charge in [0.15, 0.2) is 0 Å². The summed E-state index contributed by atoms with van der Waals surface area (Å²) in [6.07, 6.45) is 1.88. The maximum Gasteiger partial charge on any atom is 0.252 e. The molecule has 1 aliphatic rings. The number of likely N-dealkylation sites (tertiary alicyclic amines) is 1. The minimum Gasteiger partial charge on any atom is -0.383 e. The highest BCUT2D eigenvalue weighted by Gasteiger charge is 2.34. The fourth-order valence-corrected chi connectivity index (χ4v) is 3.39. The van der Waals surface area contributed by atoms with Crippen molar-refractivity contribution in [1.82, 2.24) is 10.2 Å². The molecule has 26 heavy (non-hydrogen) atoms. The van der Waals surface area contributed by atoms with Gasteiger partial charge in [0.25, 0.3) is 5.91 Å². The number of nitrogens with zero attached hydrogens (tertiary/aromatic N) is 1. The maximum atomic E-state index is 13.3. The second-order valence-corrected chi connectivity index (χ2v) is 6.47. The summed E-state index contributed by atoms with van der Waals surface area (Å²) in [5.41, 5.74) is 1.32. The minimum atomic E-state index is -0.707. The largest absolute Gasteiger partial charge is 0.383 e. The number of benzene rings is 2. The van der Waals surface area contributed by atoms with Crippen LogP contribution in [-0.4, -0.2) is 43.0 Å². The van der Waals surface area contributed by atoms with Crippen LogP contribution in [0, 0.1) is 0 Å². The molecule has 0 bridgehead atoms. The molecule has 0 aromatic heterocycles. The average molecular weight is 352 g/mol. The normalized spacial score (nSPS) is 17.7. The molecule has 0 radical (unpaired) electrons. The Labute approximate surface area is 154 Å². The van der Waals surface area contributed by atoms with Crippen LogP contribution >= 0.6 is 0 Å². The first-order chi connectivity index (χ1) is 12.7. The van der Waals surface area contributed by atoms with E-state index in [9.17, 15) is 9.59 Å². The molecule has 0 aliphatic carbocycles. The molecule has 0 spiro atoms. The monoisotopic (exact) mass is 352 g/mol. The van der Waals surface area contributed by atoms with E-state index in [1.165, 1.54) is 0 Å². The summed E-state index contributed by atoms with van der Waals surface area (Å²) in [5, 5.41) is 2.92. The lowest BCUT2D eigenvalue weighted by molar-refractivity contribution is -0.135. The molecule has 0 saturated carbocycles. The highest BCUT2D eigenvalue weighted by molar-refractivity contribution is 5.97. The number of amides is 2. The third-order valence-corrected chi connectivity index (χ3v) is 4.71. The van der Waals surface area contributed by atoms with Crippen molar-refractivity contribution in [1.29, 1.82) is 0 Å². The van der Waals surface area contributed by atoms with Crippen LogP contribution in [0.3, 0.4) is 0 Å². The van der Waals surface area contributed by atoms with Crippen molar-refractivity contribution >= 4 is 11.8 Å². The summed E-state index contributed by atoms with van der Waals surface area (Å²) in [5.74, 6) is -0.338. The number of carbonyl (C=O) groups excluding carboxylic acids is 2. The summed E-state index contributed by atoms with van der Waals surface area (Å²) in [4.78, 5) is 27.7. The number of methoxy groups -OCH3 is 1. The summed E-state index contributed by atoms with van der Waals surface area (Å²) >= 11 is 0. The first kappa shape index (κ1) is 18.1. The van der Waals surface area contributed by atoms with Gasteiger partial charge in [-0.1, -0.05) is 48.5 Å². The first-order valence-corrected chi connectivity index (χ1v) is 8.91. The molecule has 2 aromatic carbocycles. The fourth-order valence-electron chi connectivity index (χ4n) is 3.39. The molecule has 136 valence electrons. The molecular formula is C21H24N2O3. The van der Waals surface area contributed by atoms with Crippen LogP contribution in [-0.2, 0) is 9.53 Å². The molecule has 1 fully saturated rings. The van der Waals surface area contributed by atoms with E-state index in [2.05, 4.69) is 5.32 Å². The van der Waals surface area contributed by atoms with Gasteiger partial charge in [-0.3, -0.25) is 9.59 Å². The van der Waals surface area contributed by atoms with Gasteiger partial charge in [0.1, 0.15) is 6.04 Å². The predicted octanol–water partition coefficient (Wildman–Crippen LogP) is 2.80. The lowest BCUT2D eigenvalue weighted by Gasteiger charge is -2.29. The molecule has 2 atom stereocenters. The number of nitrogens with one attached hydrogen (secondary N) is 1. The van der Waals surface area contributed by atoms with Crippen molar-refractivity contribution in [3.8, 4) is 0 Å². The number of rotatable bonds is 6. The minimum absolute atomic E-state index is 0.0624. The number of ether oxygens (including phenoxy) is 1. The molecule has 1 N–H and O–H groups in total. The zero-order valence-corrected chi connectivity index (χ0v) is 14.9. The van der Waals surface area contributed by atoms with Gasteiger partial charge >= 0.3 is 0 Å². The predicted molar refractivity (Wildman–Crippen MR) is 99.7 cm³/mol. The Bertz CT molecular complexity index is 733. The molecule has 3 rings (SSSR count). The highest BCUT2D eigenvalue weighted by Crippen LogP contribution is 2.24. The molecule has 1 aliphatic heterocycles. The summed E-state index contributed by atoms with van der Waals surface area (Å²) in [6.45, 7) is 1.21. The van der Waals surface area contributed by atoms with E-state index in [-0.39, 0.29) is 17.9 Å². The first-order valence-electron chi connectivity index (χ1n) is 8.91. The standard InChI is InChI=1S/C21H24N2O3/c1-26-15-18-13-8-14-23(18)21(25)19(16-9-4-2-5-10-16)22-20(24)17-11-6-3-7-12-17/h2-7,9-12,18-19H,8,13-15H2,1H3,(H,22,24). The summed E-state index contributed by atoms with van der Waals surface area (Å²) in [6, 6.07) is 17.7. The summed E-state index contributed by atoms with van der Waals surface area (Å²) in [7, 11) is 1.65. The Morgan fingerprint density at radius 2 is 1.77 bits per heavy atom. The molecular weight excluding hydrogens is 328 g/mol. The lowest BCUT2D eigenvalue weighted by atomic mass is 10.0. The van der Waals surface area contributed by atoms with E-state index in [1.807, 2.05) is 53.4 Å². The highest BCUT2D eigenvalue weighted by atomic mass is 16.5. The Morgan fingerprint density at radius 1 is 1.12 bits per heavy atom. The molecule has 1 heterocycles. The van der Waals surface area contributed by atoms with Crippen molar-refractivity contribution in [2.24, 2.45) is 0 Å². The van der Waals surface area contributed by atoms with Crippen molar-refractivity contribution in [3.05, 3.63) is 71.8 Å². The van der Waals surface area contributed by atoms with E-state index in [0.717, 1.165) is 18.4 Å². The van der Waals surface area contributed by atoms with Crippen LogP contribution in [0.2, 0.25) is 0 Å². The quantitative estimate of drug-likeness (QED) is 0.870. The van der Waals surface area contributed by atoms with Gasteiger partial charge in [0, 0.05) is 19.2 Å². The van der Waals surface area contributed by atoms with Crippen molar-refractivity contribution < 1.29 is 14.3 Å². The van der Waals surface area contributed by atoms with E-state index < -0.39 is 6.04 Å². The smallest absolute Gasteiger partial charge is 0.252 e. The van der Waals surface area contributed by atoms with E-state index in [0.29, 0.717) is 18.7 Å². The number of hydrogen-bond donors (Lipinski definition) is 1. The Hall–Kier alpha value is -2.66. The number of hydrogen-bond acceptors (Lipinski definition) is 3. The van der Waals surface area contributed by atoms with E-state index >= 15 is 0 Å². The van der Waals surface area contributed by atoms with Crippen molar-refractivity contribution in [2.45, 2.75) is 24.9 Å².